The van der Waals surface area contributed by atoms with Crippen molar-refractivity contribution in [2.75, 3.05) is 12.8 Å². The Labute approximate surface area is 147 Å². The topological polar surface area (TPSA) is 112 Å². The van der Waals surface area contributed by atoms with E-state index in [0.29, 0.717) is 15.9 Å². The van der Waals surface area contributed by atoms with Crippen molar-refractivity contribution in [1.29, 1.82) is 10.7 Å². The van der Waals surface area contributed by atoms with Crippen LogP contribution in [0.1, 0.15) is 17.0 Å². The number of nitrogens with zero attached hydrogens (tertiary/aromatic N) is 1. The molecule has 2 aromatic carbocycles. The fourth-order valence-corrected chi connectivity index (χ4v) is 3.30. The molecular weight excluding hydrogens is 374 g/mol. The van der Waals surface area contributed by atoms with Gasteiger partial charge in [0.05, 0.1) is 17.7 Å². The third-order valence-electron chi connectivity index (χ3n) is 3.98. The Bertz CT molecular complexity index is 876. The maximum Gasteiger partial charge on any atom is 0.205 e. The molecule has 0 bridgehead atoms. The molecule has 6 nitrogen and oxygen atoms in total. The van der Waals surface area contributed by atoms with Crippen molar-refractivity contribution in [2.45, 2.75) is 5.92 Å². The summed E-state index contributed by atoms with van der Waals surface area (Å²) in [4.78, 5) is 0. The molecule has 24 heavy (non-hydrogen) atoms. The van der Waals surface area contributed by atoms with Crippen LogP contribution < -0.4 is 15.2 Å². The quantitative estimate of drug-likeness (QED) is 0.683. The van der Waals surface area contributed by atoms with Crippen molar-refractivity contribution in [3.05, 3.63) is 45.9 Å². The first-order chi connectivity index (χ1) is 11.5. The molecule has 2 atom stereocenters. The second-order valence-corrected chi connectivity index (χ2v) is 6.26. The third-order valence-corrected chi connectivity index (χ3v) is 4.58. The highest BCUT2D eigenvalue weighted by molar-refractivity contribution is 9.10. The molecule has 2 aromatic rings. The van der Waals surface area contributed by atoms with Crippen molar-refractivity contribution >= 4 is 27.5 Å². The van der Waals surface area contributed by atoms with E-state index in [1.54, 1.807) is 30.3 Å². The Morgan fingerprint density at radius 2 is 2.12 bits per heavy atom. The first-order valence-corrected chi connectivity index (χ1v) is 7.87. The summed E-state index contributed by atoms with van der Waals surface area (Å²) in [7, 11) is 1.45. The van der Waals surface area contributed by atoms with Gasteiger partial charge in [0.25, 0.3) is 0 Å². The van der Waals surface area contributed by atoms with Crippen LogP contribution in [0.15, 0.2) is 34.8 Å². The van der Waals surface area contributed by atoms with E-state index in [4.69, 9.17) is 20.6 Å². The molecule has 0 aliphatic carbocycles. The molecule has 1 aliphatic heterocycles. The van der Waals surface area contributed by atoms with Gasteiger partial charge in [0.1, 0.15) is 11.7 Å². The number of halogens is 1. The standard InChI is InChI=1S/C17H14BrN3O3/c1-23-14-5-8(4-12(18)16(14)22)15-10-3-2-9(20)6-13(10)24-17(21)11(15)7-19/h2-6,11,15,21-22H,20H2,1H3. The second-order valence-electron chi connectivity index (χ2n) is 5.40. The van der Waals surface area contributed by atoms with Crippen molar-refractivity contribution in [1.82, 2.24) is 0 Å². The summed E-state index contributed by atoms with van der Waals surface area (Å²) in [5.74, 6) is -0.635. The number of methoxy groups -OCH3 is 1. The Hall–Kier alpha value is -2.72. The highest BCUT2D eigenvalue weighted by Gasteiger charge is 2.37. The van der Waals surface area contributed by atoms with Crippen molar-refractivity contribution < 1.29 is 14.6 Å². The first-order valence-electron chi connectivity index (χ1n) is 7.08. The zero-order valence-corrected chi connectivity index (χ0v) is 14.3. The molecule has 1 heterocycles. The average molecular weight is 388 g/mol. The summed E-state index contributed by atoms with van der Waals surface area (Å²) in [5.41, 5.74) is 7.79. The predicted molar refractivity (Wildman–Crippen MR) is 92.5 cm³/mol. The van der Waals surface area contributed by atoms with E-state index in [2.05, 4.69) is 22.0 Å². The summed E-state index contributed by atoms with van der Waals surface area (Å²) in [6, 6.07) is 10.7. The largest absolute Gasteiger partial charge is 0.503 e. The van der Waals surface area contributed by atoms with Crippen LogP contribution in [-0.4, -0.2) is 18.1 Å². The SMILES string of the molecule is COc1cc(C2c3ccc(N)cc3OC(=N)C2C#N)cc(Br)c1O. The normalized spacial score (nSPS) is 19.1. The lowest BCUT2D eigenvalue weighted by atomic mass is 9.79. The number of nitriles is 1. The molecule has 1 aliphatic rings. The summed E-state index contributed by atoms with van der Waals surface area (Å²) in [5, 5.41) is 27.6. The lowest BCUT2D eigenvalue weighted by Gasteiger charge is -2.30. The molecule has 3 rings (SSSR count). The number of hydrogen-bond donors (Lipinski definition) is 3. The molecule has 0 aromatic heterocycles. The number of nitrogens with one attached hydrogen (secondary N) is 1. The smallest absolute Gasteiger partial charge is 0.205 e. The molecule has 4 N–H and O–H groups in total. The predicted octanol–water partition coefficient (Wildman–Crippen LogP) is 3.39. The van der Waals surface area contributed by atoms with Gasteiger partial charge in [-0.2, -0.15) is 5.26 Å². The number of ether oxygens (including phenoxy) is 2. The molecule has 0 amide bonds. The number of rotatable bonds is 2. The van der Waals surface area contributed by atoms with Gasteiger partial charge in [0, 0.05) is 23.2 Å². The second kappa shape index (κ2) is 6.06. The number of nitrogen functional groups attached to an aromatic ring is 1. The fourth-order valence-electron chi connectivity index (χ4n) is 2.84. The molecule has 0 fully saturated rings. The number of aromatic hydroxyl groups is 1. The van der Waals surface area contributed by atoms with Crippen molar-refractivity contribution in [3.8, 4) is 23.3 Å². The van der Waals surface area contributed by atoms with E-state index in [9.17, 15) is 10.4 Å². The summed E-state index contributed by atoms with van der Waals surface area (Å²) in [6.45, 7) is 0. The van der Waals surface area contributed by atoms with Crippen LogP contribution in [0, 0.1) is 22.7 Å². The van der Waals surface area contributed by atoms with Crippen LogP contribution in [0.25, 0.3) is 0 Å². The fraction of sp³-hybridized carbons (Fsp3) is 0.176. The highest BCUT2D eigenvalue weighted by atomic mass is 79.9. The first kappa shape index (κ1) is 16.1. The van der Waals surface area contributed by atoms with Gasteiger partial charge in [0.2, 0.25) is 5.90 Å². The molecule has 0 saturated heterocycles. The van der Waals surface area contributed by atoms with E-state index in [0.717, 1.165) is 11.1 Å². The average Bonchev–Trinajstić information content (AvgIpc) is 2.55. The minimum Gasteiger partial charge on any atom is -0.503 e. The van der Waals surface area contributed by atoms with Gasteiger partial charge in [-0.05, 0) is 39.7 Å². The van der Waals surface area contributed by atoms with Crippen molar-refractivity contribution in [2.24, 2.45) is 5.92 Å². The van der Waals surface area contributed by atoms with E-state index < -0.39 is 11.8 Å². The third kappa shape index (κ3) is 2.55. The van der Waals surface area contributed by atoms with Gasteiger partial charge in [0.15, 0.2) is 11.5 Å². The van der Waals surface area contributed by atoms with E-state index >= 15 is 0 Å². The summed E-state index contributed by atoms with van der Waals surface area (Å²) >= 11 is 3.30. The number of nitrogens with two attached hydrogens (primary N) is 1. The lowest BCUT2D eigenvalue weighted by molar-refractivity contribution is 0.370. The molecular formula is C17H14BrN3O3. The van der Waals surface area contributed by atoms with Crippen LogP contribution in [0.3, 0.4) is 0 Å². The number of benzene rings is 2. The maximum absolute atomic E-state index is 10.0. The molecule has 0 spiro atoms. The van der Waals surface area contributed by atoms with Crippen LogP contribution in [0.5, 0.6) is 17.2 Å². The van der Waals surface area contributed by atoms with Crippen LogP contribution in [0.4, 0.5) is 5.69 Å². The molecule has 0 saturated carbocycles. The van der Waals surface area contributed by atoms with Gasteiger partial charge in [-0.25, -0.2) is 0 Å². The molecule has 122 valence electrons. The van der Waals surface area contributed by atoms with Crippen LogP contribution in [0.2, 0.25) is 0 Å². The number of fused-ring (bicyclic) bond motifs is 1. The zero-order chi connectivity index (χ0) is 17.4. The van der Waals surface area contributed by atoms with Gasteiger partial charge in [-0.15, -0.1) is 0 Å². The van der Waals surface area contributed by atoms with E-state index in [-0.39, 0.29) is 17.4 Å². The van der Waals surface area contributed by atoms with Gasteiger partial charge < -0.3 is 20.3 Å². The van der Waals surface area contributed by atoms with Gasteiger partial charge in [-0.1, -0.05) is 6.07 Å². The van der Waals surface area contributed by atoms with E-state index in [1.807, 2.05) is 0 Å². The maximum atomic E-state index is 10.0. The minimum atomic E-state index is -0.790. The molecule has 7 heteroatoms. The summed E-state index contributed by atoms with van der Waals surface area (Å²) < 4.78 is 11.1. The monoisotopic (exact) mass is 387 g/mol. The summed E-state index contributed by atoms with van der Waals surface area (Å²) in [6.07, 6.45) is 0. The van der Waals surface area contributed by atoms with Crippen molar-refractivity contribution in [3.63, 3.8) is 0 Å². The number of phenols is 1. The zero-order valence-electron chi connectivity index (χ0n) is 12.7. The minimum absolute atomic E-state index is 0.0191. The lowest BCUT2D eigenvalue weighted by Crippen LogP contribution is -2.31. The van der Waals surface area contributed by atoms with Gasteiger partial charge >= 0.3 is 0 Å². The Kier molecular flexibility index (Phi) is 4.08. The molecule has 2 unspecified atom stereocenters. The number of phenolic OH excluding ortho intramolecular Hbond substituents is 1. The Morgan fingerprint density at radius 1 is 1.38 bits per heavy atom. The number of hydrogen-bond acceptors (Lipinski definition) is 6. The Balaban J connectivity index is 2.23. The number of anilines is 1. The van der Waals surface area contributed by atoms with Gasteiger partial charge in [-0.3, -0.25) is 5.41 Å². The Morgan fingerprint density at radius 3 is 2.79 bits per heavy atom. The van der Waals surface area contributed by atoms with Crippen LogP contribution in [-0.2, 0) is 0 Å². The molecule has 0 radical (unpaired) electrons. The highest BCUT2D eigenvalue weighted by Crippen LogP contribution is 2.46. The van der Waals surface area contributed by atoms with Crippen LogP contribution >= 0.6 is 15.9 Å². The van der Waals surface area contributed by atoms with E-state index in [1.165, 1.54) is 7.11 Å².